The highest BCUT2D eigenvalue weighted by Gasteiger charge is 2.49. The van der Waals surface area contributed by atoms with Crippen LogP contribution in [0.3, 0.4) is 0 Å². The summed E-state index contributed by atoms with van der Waals surface area (Å²) in [5.41, 5.74) is 21.4. The van der Waals surface area contributed by atoms with Crippen LogP contribution in [0, 0.1) is 0 Å². The molecule has 0 amide bonds. The molecule has 0 unspecified atom stereocenters. The second kappa shape index (κ2) is 14.8. The minimum absolute atomic E-state index is 0.590. The molecule has 3 heteroatoms. The van der Waals surface area contributed by atoms with Crippen molar-refractivity contribution in [1.29, 1.82) is 0 Å². The fourth-order valence-corrected chi connectivity index (χ4v) is 10.7. The van der Waals surface area contributed by atoms with Gasteiger partial charge in [-0.05, 0) is 113 Å². The first-order valence-electron chi connectivity index (χ1n) is 22.2. The highest BCUT2D eigenvalue weighted by atomic mass is 14.9. The van der Waals surface area contributed by atoms with Gasteiger partial charge in [0.25, 0.3) is 0 Å². The number of pyridine rings is 1. The molecule has 302 valence electrons. The predicted octanol–water partition coefficient (Wildman–Crippen LogP) is 15.4. The van der Waals surface area contributed by atoms with Gasteiger partial charge in [-0.2, -0.15) is 0 Å². The van der Waals surface area contributed by atoms with Gasteiger partial charge in [-0.1, -0.05) is 200 Å². The van der Waals surface area contributed by atoms with Crippen molar-refractivity contribution in [2.45, 2.75) is 5.41 Å². The van der Waals surface area contributed by atoms with Crippen LogP contribution in [0.1, 0.15) is 22.3 Å². The van der Waals surface area contributed by atoms with Crippen LogP contribution in [0.2, 0.25) is 0 Å². The minimum atomic E-state index is -0.590. The van der Waals surface area contributed by atoms with Gasteiger partial charge >= 0.3 is 0 Å². The lowest BCUT2D eigenvalue weighted by Gasteiger charge is -2.35. The Kier molecular flexibility index (Phi) is 8.44. The Bertz CT molecular complexity index is 3590. The standard InChI is InChI=1S/C62H39N3/c1-2-14-47-42(12-1)13-11-20-48(47)43-26-28-44(29-27-43)59-39-60(65-61(64-59)45-30-24-40(25-31-45)41-34-36-63-37-35-41)46-32-33-54-50-16-4-3-15-49(50)51-17-5-8-21-55(51)62(58(54)38-46)56-22-9-6-18-52(56)53-19-7-10-23-57(53)62/h1-39H. The van der Waals surface area contributed by atoms with Crippen molar-refractivity contribution in [3.05, 3.63) is 259 Å². The van der Waals surface area contributed by atoms with Crippen molar-refractivity contribution in [1.82, 2.24) is 15.0 Å². The molecule has 65 heavy (non-hydrogen) atoms. The fraction of sp³-hybridized carbons (Fsp3) is 0.0161. The lowest BCUT2D eigenvalue weighted by atomic mass is 9.65. The molecule has 0 N–H and O–H groups in total. The third-order valence-electron chi connectivity index (χ3n) is 13.7. The molecule has 0 saturated heterocycles. The van der Waals surface area contributed by atoms with Crippen LogP contribution in [0.25, 0.3) is 100 Å². The third kappa shape index (κ3) is 5.79. The number of hydrogen-bond donors (Lipinski definition) is 0. The monoisotopic (exact) mass is 825 g/mol. The van der Waals surface area contributed by atoms with Gasteiger partial charge in [0.15, 0.2) is 5.82 Å². The summed E-state index contributed by atoms with van der Waals surface area (Å²) in [4.78, 5) is 15.0. The van der Waals surface area contributed by atoms with E-state index in [1.54, 1.807) is 0 Å². The summed E-state index contributed by atoms with van der Waals surface area (Å²) in [6.07, 6.45) is 3.66. The number of hydrogen-bond acceptors (Lipinski definition) is 3. The molecule has 3 nitrogen and oxygen atoms in total. The minimum Gasteiger partial charge on any atom is -0.265 e. The highest BCUT2D eigenvalue weighted by molar-refractivity contribution is 5.99. The maximum atomic E-state index is 5.44. The SMILES string of the molecule is c1ccc2c(c1)-c1ccccc1C1(c3cc(-c4cc(-c5ccc(-c6cccc7ccccc67)cc5)nc(-c5ccc(-c6ccncc6)cc5)n4)ccc3-2)c2ccccc2-c2ccccc21. The Balaban J connectivity index is 1.04. The first kappa shape index (κ1) is 37.1. The smallest absolute Gasteiger partial charge is 0.160 e. The van der Waals surface area contributed by atoms with E-state index in [4.69, 9.17) is 9.97 Å². The number of fused-ring (bicyclic) bond motifs is 13. The average Bonchev–Trinajstić information content (AvgIpc) is 3.63. The fourth-order valence-electron chi connectivity index (χ4n) is 10.7. The van der Waals surface area contributed by atoms with Gasteiger partial charge in [0, 0.05) is 29.1 Å². The van der Waals surface area contributed by atoms with Crippen molar-refractivity contribution in [3.63, 3.8) is 0 Å². The summed E-state index contributed by atoms with van der Waals surface area (Å²) in [5, 5.41) is 2.47. The molecule has 0 radical (unpaired) electrons. The zero-order valence-electron chi connectivity index (χ0n) is 35.4. The first-order chi connectivity index (χ1) is 32.2. The van der Waals surface area contributed by atoms with Gasteiger partial charge in [-0.3, -0.25) is 4.98 Å². The van der Waals surface area contributed by atoms with Crippen LogP contribution in [-0.2, 0) is 5.41 Å². The Hall–Kier alpha value is -8.53. The van der Waals surface area contributed by atoms with Crippen LogP contribution in [0.15, 0.2) is 237 Å². The molecule has 0 atom stereocenters. The molecule has 0 aliphatic heterocycles. The Morgan fingerprint density at radius 2 is 0.723 bits per heavy atom. The highest BCUT2D eigenvalue weighted by Crippen LogP contribution is 2.61. The van der Waals surface area contributed by atoms with Gasteiger partial charge in [-0.15, -0.1) is 0 Å². The van der Waals surface area contributed by atoms with Crippen LogP contribution in [-0.4, -0.2) is 15.0 Å². The first-order valence-corrected chi connectivity index (χ1v) is 22.2. The molecule has 13 rings (SSSR count). The molecule has 0 bridgehead atoms. The second-order valence-corrected chi connectivity index (χ2v) is 17.1. The maximum absolute atomic E-state index is 5.44. The molecule has 2 aliphatic rings. The summed E-state index contributed by atoms with van der Waals surface area (Å²) in [6, 6.07) is 81.7. The molecule has 2 aromatic heterocycles. The van der Waals surface area contributed by atoms with Gasteiger partial charge in [0.05, 0.1) is 16.8 Å². The lowest BCUT2D eigenvalue weighted by Crippen LogP contribution is -2.29. The van der Waals surface area contributed by atoms with Crippen LogP contribution >= 0.6 is 0 Å². The molecule has 9 aromatic carbocycles. The molecule has 0 saturated carbocycles. The molecular formula is C62H39N3. The molecule has 1 spiro atoms. The number of nitrogens with zero attached hydrogens (tertiary/aromatic N) is 3. The quantitative estimate of drug-likeness (QED) is 0.173. The van der Waals surface area contributed by atoms with Crippen LogP contribution in [0.5, 0.6) is 0 Å². The Morgan fingerprint density at radius 1 is 0.277 bits per heavy atom. The zero-order chi connectivity index (χ0) is 42.9. The summed E-state index contributed by atoms with van der Waals surface area (Å²) in [7, 11) is 0. The van der Waals surface area contributed by atoms with Crippen molar-refractivity contribution < 1.29 is 0 Å². The maximum Gasteiger partial charge on any atom is 0.160 e. The van der Waals surface area contributed by atoms with E-state index in [-0.39, 0.29) is 0 Å². The summed E-state index contributed by atoms with van der Waals surface area (Å²) in [5.74, 6) is 0.675. The van der Waals surface area contributed by atoms with E-state index in [1.165, 1.54) is 77.5 Å². The lowest BCUT2D eigenvalue weighted by molar-refractivity contribution is 0.775. The second-order valence-electron chi connectivity index (χ2n) is 17.1. The normalized spacial score (nSPS) is 12.7. The Morgan fingerprint density at radius 3 is 1.38 bits per heavy atom. The van der Waals surface area contributed by atoms with E-state index in [0.717, 1.165) is 39.2 Å². The molecular weight excluding hydrogens is 787 g/mol. The number of benzene rings is 9. The topological polar surface area (TPSA) is 38.7 Å². The largest absolute Gasteiger partial charge is 0.265 e. The van der Waals surface area contributed by atoms with Crippen molar-refractivity contribution >= 4 is 10.8 Å². The van der Waals surface area contributed by atoms with Crippen LogP contribution < -0.4 is 0 Å². The van der Waals surface area contributed by atoms with Crippen molar-refractivity contribution in [2.75, 3.05) is 0 Å². The van der Waals surface area contributed by atoms with E-state index in [2.05, 4.69) is 217 Å². The van der Waals surface area contributed by atoms with E-state index in [0.29, 0.717) is 5.82 Å². The van der Waals surface area contributed by atoms with Gasteiger partial charge in [0.1, 0.15) is 0 Å². The Labute approximate surface area is 378 Å². The van der Waals surface area contributed by atoms with E-state index >= 15 is 0 Å². The number of rotatable bonds is 5. The predicted molar refractivity (Wildman–Crippen MR) is 266 cm³/mol. The summed E-state index contributed by atoms with van der Waals surface area (Å²) >= 11 is 0. The van der Waals surface area contributed by atoms with E-state index < -0.39 is 5.41 Å². The molecule has 2 heterocycles. The van der Waals surface area contributed by atoms with Crippen molar-refractivity contribution in [2.24, 2.45) is 0 Å². The molecule has 11 aromatic rings. The van der Waals surface area contributed by atoms with Gasteiger partial charge in [-0.25, -0.2) is 9.97 Å². The summed E-state index contributed by atoms with van der Waals surface area (Å²) in [6.45, 7) is 0. The van der Waals surface area contributed by atoms with Crippen LogP contribution in [0.4, 0.5) is 0 Å². The molecule has 0 fully saturated rings. The summed E-state index contributed by atoms with van der Waals surface area (Å²) < 4.78 is 0. The van der Waals surface area contributed by atoms with E-state index in [9.17, 15) is 0 Å². The number of aromatic nitrogens is 3. The van der Waals surface area contributed by atoms with Gasteiger partial charge < -0.3 is 0 Å². The molecule has 2 aliphatic carbocycles. The average molecular weight is 826 g/mol. The van der Waals surface area contributed by atoms with E-state index in [1.807, 2.05) is 24.5 Å². The zero-order valence-corrected chi connectivity index (χ0v) is 35.4. The van der Waals surface area contributed by atoms with Crippen molar-refractivity contribution in [3.8, 4) is 89.5 Å². The third-order valence-corrected chi connectivity index (χ3v) is 13.7. The van der Waals surface area contributed by atoms with Gasteiger partial charge in [0.2, 0.25) is 0 Å².